The Bertz CT molecular complexity index is 453. The van der Waals surface area contributed by atoms with Crippen molar-refractivity contribution in [3.8, 4) is 6.07 Å². The Balaban J connectivity index is 3.29. The second-order valence-corrected chi connectivity index (χ2v) is 3.64. The Morgan fingerprint density at radius 3 is 2.25 bits per heavy atom. The third-order valence-electron chi connectivity index (χ3n) is 1.84. The van der Waals surface area contributed by atoms with Crippen LogP contribution in [0.2, 0.25) is 10.0 Å². The molecule has 7 heteroatoms. The Hall–Kier alpha value is -0.960. The topological polar surface area (TPSA) is 44.0 Å². The lowest BCUT2D eigenvalue weighted by Crippen LogP contribution is -2.20. The van der Waals surface area contributed by atoms with Crippen molar-refractivity contribution in [1.29, 1.82) is 5.26 Å². The van der Waals surface area contributed by atoms with E-state index < -0.39 is 22.9 Å². The highest BCUT2D eigenvalue weighted by Crippen LogP contribution is 2.39. The van der Waals surface area contributed by atoms with Crippen molar-refractivity contribution >= 4 is 23.2 Å². The van der Waals surface area contributed by atoms with Crippen molar-refractivity contribution in [3.63, 3.8) is 0 Å². The Kier molecular flexibility index (Phi) is 3.68. The first-order valence-corrected chi connectivity index (χ1v) is 4.67. The smallest absolute Gasteiger partial charge is 0.379 e. The zero-order chi connectivity index (χ0) is 12.5. The number of aliphatic hydroxyl groups excluding tert-OH is 1. The van der Waals surface area contributed by atoms with Crippen molar-refractivity contribution in [2.75, 3.05) is 0 Å². The molecule has 1 aromatic carbocycles. The Labute approximate surface area is 98.8 Å². The lowest BCUT2D eigenvalue weighted by atomic mass is 10.1. The molecule has 1 unspecified atom stereocenters. The maximum absolute atomic E-state index is 12.2. The van der Waals surface area contributed by atoms with Crippen LogP contribution in [0.4, 0.5) is 13.2 Å². The van der Waals surface area contributed by atoms with E-state index in [1.807, 2.05) is 0 Å². The number of nitriles is 1. The van der Waals surface area contributed by atoms with E-state index >= 15 is 0 Å². The first kappa shape index (κ1) is 13.1. The summed E-state index contributed by atoms with van der Waals surface area (Å²) in [7, 11) is 0. The van der Waals surface area contributed by atoms with Gasteiger partial charge in [-0.2, -0.15) is 18.4 Å². The summed E-state index contributed by atoms with van der Waals surface area (Å²) in [5, 5.41) is 16.8. The van der Waals surface area contributed by atoms with Crippen LogP contribution in [0.5, 0.6) is 0 Å². The molecule has 0 saturated carbocycles. The van der Waals surface area contributed by atoms with Crippen LogP contribution in [0.25, 0.3) is 0 Å². The number of alkyl halides is 3. The van der Waals surface area contributed by atoms with Crippen LogP contribution >= 0.6 is 23.2 Å². The van der Waals surface area contributed by atoms with E-state index in [1.165, 1.54) is 0 Å². The number of halogens is 5. The van der Waals surface area contributed by atoms with E-state index in [9.17, 15) is 13.2 Å². The van der Waals surface area contributed by atoms with E-state index in [1.54, 1.807) is 6.07 Å². The second-order valence-electron chi connectivity index (χ2n) is 2.89. The summed E-state index contributed by atoms with van der Waals surface area (Å²) in [5.74, 6) is 0. The largest absolute Gasteiger partial charge is 0.418 e. The van der Waals surface area contributed by atoms with E-state index in [4.69, 9.17) is 33.6 Å². The Morgan fingerprint density at radius 1 is 1.25 bits per heavy atom. The molecular weight excluding hydrogens is 266 g/mol. The number of rotatable bonds is 1. The molecule has 0 radical (unpaired) electrons. The van der Waals surface area contributed by atoms with Gasteiger partial charge >= 0.3 is 6.18 Å². The van der Waals surface area contributed by atoms with Gasteiger partial charge in [0.15, 0.2) is 6.10 Å². The highest BCUT2D eigenvalue weighted by molar-refractivity contribution is 6.43. The van der Waals surface area contributed by atoms with Crippen LogP contribution in [0.1, 0.15) is 17.2 Å². The lowest BCUT2D eigenvalue weighted by Gasteiger charge is -2.16. The highest BCUT2D eigenvalue weighted by atomic mass is 35.5. The fourth-order valence-corrected chi connectivity index (χ4v) is 1.52. The average Bonchev–Trinajstić information content (AvgIpc) is 2.20. The molecule has 1 aromatic rings. The molecule has 0 heterocycles. The third kappa shape index (κ3) is 2.40. The van der Waals surface area contributed by atoms with Crippen molar-refractivity contribution in [1.82, 2.24) is 0 Å². The monoisotopic (exact) mass is 269 g/mol. The number of hydrogen-bond acceptors (Lipinski definition) is 2. The summed E-state index contributed by atoms with van der Waals surface area (Å²) in [6, 6.07) is 3.65. The second kappa shape index (κ2) is 4.50. The van der Waals surface area contributed by atoms with Gasteiger partial charge in [0.2, 0.25) is 0 Å². The molecule has 0 fully saturated rings. The molecule has 0 amide bonds. The molecule has 1 N–H and O–H groups in total. The minimum Gasteiger partial charge on any atom is -0.379 e. The summed E-state index contributed by atoms with van der Waals surface area (Å²) in [6.07, 6.45) is -7.55. The molecule has 0 aliphatic heterocycles. The molecule has 0 saturated heterocycles. The van der Waals surface area contributed by atoms with Crippen molar-refractivity contribution in [2.45, 2.75) is 12.3 Å². The van der Waals surface area contributed by atoms with Crippen LogP contribution < -0.4 is 0 Å². The van der Waals surface area contributed by atoms with Crippen molar-refractivity contribution < 1.29 is 18.3 Å². The molecule has 0 aliphatic rings. The summed E-state index contributed by atoms with van der Waals surface area (Å²) >= 11 is 11.1. The number of benzene rings is 1. The van der Waals surface area contributed by atoms with Crippen LogP contribution in [0.3, 0.4) is 0 Å². The summed E-state index contributed by atoms with van der Waals surface area (Å²) < 4.78 is 36.6. The van der Waals surface area contributed by atoms with Gasteiger partial charge in [0.25, 0.3) is 0 Å². The molecule has 2 nitrogen and oxygen atoms in total. The van der Waals surface area contributed by atoms with Gasteiger partial charge in [-0.05, 0) is 6.07 Å². The summed E-state index contributed by atoms with van der Waals surface area (Å²) in [5.41, 5.74) is -0.622. The number of hydrogen-bond donors (Lipinski definition) is 1. The fourth-order valence-electron chi connectivity index (χ4n) is 1.04. The van der Waals surface area contributed by atoms with Gasteiger partial charge in [-0.1, -0.05) is 29.3 Å². The van der Waals surface area contributed by atoms with Gasteiger partial charge in [0, 0.05) is 5.56 Å². The molecule has 16 heavy (non-hydrogen) atoms. The molecule has 0 spiro atoms. The third-order valence-corrected chi connectivity index (χ3v) is 2.73. The molecular formula is C9H4Cl2F3NO. The fraction of sp³-hybridized carbons (Fsp3) is 0.222. The van der Waals surface area contributed by atoms with E-state index in [0.717, 1.165) is 12.1 Å². The van der Waals surface area contributed by atoms with E-state index in [0.29, 0.717) is 0 Å². The molecule has 0 aliphatic carbocycles. The maximum atomic E-state index is 12.2. The first-order valence-electron chi connectivity index (χ1n) is 3.91. The molecule has 0 aromatic heterocycles. The number of aliphatic hydroxyl groups is 1. The minimum atomic E-state index is -4.83. The molecule has 86 valence electrons. The zero-order valence-electron chi connectivity index (χ0n) is 7.52. The van der Waals surface area contributed by atoms with E-state index in [2.05, 4.69) is 0 Å². The predicted molar refractivity (Wildman–Crippen MR) is 52.2 cm³/mol. The maximum Gasteiger partial charge on any atom is 0.418 e. The van der Waals surface area contributed by atoms with Gasteiger partial charge < -0.3 is 5.11 Å². The van der Waals surface area contributed by atoms with Gasteiger partial charge in [0.05, 0.1) is 15.6 Å². The highest BCUT2D eigenvalue weighted by Gasteiger charge is 2.40. The predicted octanol–water partition coefficient (Wildman–Crippen LogP) is 3.46. The van der Waals surface area contributed by atoms with Crippen LogP contribution in [-0.4, -0.2) is 11.3 Å². The minimum absolute atomic E-state index is 0.0511. The standard InChI is InChI=1S/C9H4Cl2F3NO/c10-6-4(3-15)1-2-5(7(6)11)8(16)9(12,13)14/h1-2,8,16H. The molecule has 0 bridgehead atoms. The SMILES string of the molecule is N#Cc1ccc(C(O)C(F)(F)F)c(Cl)c1Cl. The molecule has 1 rings (SSSR count). The van der Waals surface area contributed by atoms with Crippen LogP contribution in [-0.2, 0) is 0 Å². The van der Waals surface area contributed by atoms with Gasteiger partial charge in [0.1, 0.15) is 6.07 Å². The Morgan fingerprint density at radius 2 is 1.81 bits per heavy atom. The number of nitrogens with zero attached hydrogens (tertiary/aromatic N) is 1. The van der Waals surface area contributed by atoms with Crippen molar-refractivity contribution in [2.24, 2.45) is 0 Å². The summed E-state index contributed by atoms with van der Waals surface area (Å²) in [4.78, 5) is 0. The van der Waals surface area contributed by atoms with E-state index in [-0.39, 0.29) is 10.6 Å². The molecule has 1 atom stereocenters. The first-order chi connectivity index (χ1) is 7.29. The summed E-state index contributed by atoms with van der Waals surface area (Å²) in [6.45, 7) is 0. The zero-order valence-corrected chi connectivity index (χ0v) is 9.03. The quantitative estimate of drug-likeness (QED) is 0.849. The van der Waals surface area contributed by atoms with Crippen LogP contribution in [0, 0.1) is 11.3 Å². The lowest BCUT2D eigenvalue weighted by molar-refractivity contribution is -0.206. The average molecular weight is 270 g/mol. The van der Waals surface area contributed by atoms with Gasteiger partial charge in [-0.15, -0.1) is 0 Å². The van der Waals surface area contributed by atoms with Crippen LogP contribution in [0.15, 0.2) is 12.1 Å². The van der Waals surface area contributed by atoms with Crippen molar-refractivity contribution in [3.05, 3.63) is 33.3 Å². The van der Waals surface area contributed by atoms with Gasteiger partial charge in [-0.3, -0.25) is 0 Å². The normalized spacial score (nSPS) is 13.3. The van der Waals surface area contributed by atoms with Gasteiger partial charge in [-0.25, -0.2) is 0 Å².